The largest absolute Gasteiger partial charge is 0.314 e. The van der Waals surface area contributed by atoms with Crippen LogP contribution in [0.5, 0.6) is 0 Å². The molecule has 1 aliphatic heterocycles. The van der Waals surface area contributed by atoms with Crippen molar-refractivity contribution in [1.29, 1.82) is 0 Å². The number of likely N-dealkylation sites (N-methyl/N-ethyl adjacent to an activating group) is 1. The van der Waals surface area contributed by atoms with Crippen LogP contribution in [0, 0.1) is 5.82 Å². The fourth-order valence-electron chi connectivity index (χ4n) is 2.26. The van der Waals surface area contributed by atoms with Crippen LogP contribution in [0.25, 0.3) is 0 Å². The van der Waals surface area contributed by atoms with E-state index in [4.69, 9.17) is 0 Å². The Balaban J connectivity index is 1.87. The molecule has 1 heterocycles. The SMILES string of the molecule is CN(CCN1CCNCC1)S(=O)(=O)Cc1ccc(F)cc1. The number of benzene rings is 1. The smallest absolute Gasteiger partial charge is 0.218 e. The predicted molar refractivity (Wildman–Crippen MR) is 81.0 cm³/mol. The average molecular weight is 315 g/mol. The van der Waals surface area contributed by atoms with E-state index in [1.165, 1.54) is 28.6 Å². The molecule has 1 aliphatic rings. The minimum absolute atomic E-state index is 0.0919. The van der Waals surface area contributed by atoms with E-state index in [0.717, 1.165) is 32.7 Å². The summed E-state index contributed by atoms with van der Waals surface area (Å²) in [6.07, 6.45) is 0. The molecule has 0 atom stereocenters. The first kappa shape index (κ1) is 16.4. The molecule has 0 aromatic heterocycles. The third kappa shape index (κ3) is 5.03. The van der Waals surface area contributed by atoms with Crippen molar-refractivity contribution in [3.05, 3.63) is 35.6 Å². The van der Waals surface area contributed by atoms with Gasteiger partial charge in [-0.05, 0) is 17.7 Å². The van der Waals surface area contributed by atoms with E-state index < -0.39 is 10.0 Å². The summed E-state index contributed by atoms with van der Waals surface area (Å²) in [6.45, 7) is 5.01. The van der Waals surface area contributed by atoms with Crippen molar-refractivity contribution in [1.82, 2.24) is 14.5 Å². The molecule has 1 fully saturated rings. The Morgan fingerprint density at radius 3 is 2.48 bits per heavy atom. The number of rotatable bonds is 6. The summed E-state index contributed by atoms with van der Waals surface area (Å²) in [5, 5.41) is 3.27. The fraction of sp³-hybridized carbons (Fsp3) is 0.571. The van der Waals surface area contributed by atoms with Gasteiger partial charge in [0.25, 0.3) is 0 Å². The predicted octanol–water partition coefficient (Wildman–Crippen LogP) is 0.493. The van der Waals surface area contributed by atoms with E-state index in [1.807, 2.05) is 0 Å². The molecule has 0 saturated carbocycles. The molecule has 2 rings (SSSR count). The molecule has 0 amide bonds. The van der Waals surface area contributed by atoms with Gasteiger partial charge in [0, 0.05) is 46.3 Å². The van der Waals surface area contributed by atoms with Crippen molar-refractivity contribution in [2.45, 2.75) is 5.75 Å². The average Bonchev–Trinajstić information content (AvgIpc) is 2.48. The molecule has 0 spiro atoms. The zero-order valence-corrected chi connectivity index (χ0v) is 13.1. The van der Waals surface area contributed by atoms with Crippen LogP contribution in [-0.2, 0) is 15.8 Å². The lowest BCUT2D eigenvalue weighted by Crippen LogP contribution is -2.46. The second kappa shape index (κ2) is 7.31. The Kier molecular flexibility index (Phi) is 5.69. The van der Waals surface area contributed by atoms with Gasteiger partial charge < -0.3 is 5.32 Å². The molecule has 1 aromatic carbocycles. The lowest BCUT2D eigenvalue weighted by Gasteiger charge is -2.28. The van der Waals surface area contributed by atoms with Crippen molar-refractivity contribution >= 4 is 10.0 Å². The van der Waals surface area contributed by atoms with Gasteiger partial charge in [0.2, 0.25) is 10.0 Å². The minimum Gasteiger partial charge on any atom is -0.314 e. The Morgan fingerprint density at radius 1 is 1.24 bits per heavy atom. The van der Waals surface area contributed by atoms with Crippen molar-refractivity contribution in [3.8, 4) is 0 Å². The van der Waals surface area contributed by atoms with Crippen molar-refractivity contribution in [2.24, 2.45) is 0 Å². The van der Waals surface area contributed by atoms with Gasteiger partial charge in [-0.2, -0.15) is 0 Å². The van der Waals surface area contributed by atoms with Crippen molar-refractivity contribution in [3.63, 3.8) is 0 Å². The zero-order valence-electron chi connectivity index (χ0n) is 12.3. The number of nitrogens with one attached hydrogen (secondary N) is 1. The molecule has 1 saturated heterocycles. The second-order valence-electron chi connectivity index (χ2n) is 5.30. The zero-order chi connectivity index (χ0) is 15.3. The molecular weight excluding hydrogens is 293 g/mol. The fourth-order valence-corrected chi connectivity index (χ4v) is 3.45. The number of halogens is 1. The third-order valence-corrected chi connectivity index (χ3v) is 5.51. The molecule has 1 N–H and O–H groups in total. The van der Waals surface area contributed by atoms with Crippen LogP contribution in [0.15, 0.2) is 24.3 Å². The molecule has 0 aliphatic carbocycles. The summed E-state index contributed by atoms with van der Waals surface area (Å²) in [7, 11) is -1.76. The Labute approximate surface area is 125 Å². The Hall–Kier alpha value is -1.02. The number of hydrogen-bond donors (Lipinski definition) is 1. The molecular formula is C14H22FN3O2S. The van der Waals surface area contributed by atoms with E-state index in [-0.39, 0.29) is 11.6 Å². The highest BCUT2D eigenvalue weighted by Gasteiger charge is 2.19. The van der Waals surface area contributed by atoms with Crippen LogP contribution in [0.4, 0.5) is 4.39 Å². The Bertz CT molecular complexity index is 542. The van der Waals surface area contributed by atoms with E-state index in [9.17, 15) is 12.8 Å². The van der Waals surface area contributed by atoms with Gasteiger partial charge in [0.1, 0.15) is 5.82 Å². The maximum absolute atomic E-state index is 12.8. The summed E-state index contributed by atoms with van der Waals surface area (Å²) in [5.41, 5.74) is 0.602. The topological polar surface area (TPSA) is 52.6 Å². The second-order valence-corrected chi connectivity index (χ2v) is 7.37. The molecule has 118 valence electrons. The lowest BCUT2D eigenvalue weighted by atomic mass is 10.2. The number of piperazine rings is 1. The van der Waals surface area contributed by atoms with Gasteiger partial charge in [-0.15, -0.1) is 0 Å². The van der Waals surface area contributed by atoms with Crippen LogP contribution < -0.4 is 5.32 Å². The molecule has 0 bridgehead atoms. The number of sulfonamides is 1. The molecule has 7 heteroatoms. The molecule has 5 nitrogen and oxygen atoms in total. The van der Waals surface area contributed by atoms with E-state index in [0.29, 0.717) is 12.1 Å². The summed E-state index contributed by atoms with van der Waals surface area (Å²) in [4.78, 5) is 2.25. The maximum atomic E-state index is 12.8. The maximum Gasteiger partial charge on any atom is 0.218 e. The first-order valence-corrected chi connectivity index (χ1v) is 8.70. The normalized spacial score (nSPS) is 17.3. The van der Waals surface area contributed by atoms with E-state index >= 15 is 0 Å². The Morgan fingerprint density at radius 2 is 1.86 bits per heavy atom. The van der Waals surface area contributed by atoms with E-state index in [2.05, 4.69) is 10.2 Å². The monoisotopic (exact) mass is 315 g/mol. The van der Waals surface area contributed by atoms with Crippen LogP contribution in [0.1, 0.15) is 5.56 Å². The van der Waals surface area contributed by atoms with Gasteiger partial charge in [0.05, 0.1) is 5.75 Å². The molecule has 0 radical (unpaired) electrons. The van der Waals surface area contributed by atoms with Gasteiger partial charge >= 0.3 is 0 Å². The van der Waals surface area contributed by atoms with E-state index in [1.54, 1.807) is 7.05 Å². The number of nitrogens with zero attached hydrogens (tertiary/aromatic N) is 2. The highest BCUT2D eigenvalue weighted by molar-refractivity contribution is 7.88. The van der Waals surface area contributed by atoms with Crippen molar-refractivity contribution < 1.29 is 12.8 Å². The summed E-state index contributed by atoms with van der Waals surface area (Å²) in [6, 6.07) is 5.59. The van der Waals surface area contributed by atoms with Gasteiger partial charge in [-0.1, -0.05) is 12.1 Å². The standard InChI is InChI=1S/C14H22FN3O2S/c1-17(10-11-18-8-6-16-7-9-18)21(19,20)12-13-2-4-14(15)5-3-13/h2-5,16H,6-12H2,1H3. The molecule has 21 heavy (non-hydrogen) atoms. The van der Waals surface area contributed by atoms with Gasteiger partial charge in [-0.3, -0.25) is 4.90 Å². The summed E-state index contributed by atoms with van der Waals surface area (Å²) < 4.78 is 38.7. The van der Waals surface area contributed by atoms with Crippen molar-refractivity contribution in [2.75, 3.05) is 46.3 Å². The highest BCUT2D eigenvalue weighted by Crippen LogP contribution is 2.10. The first-order chi connectivity index (χ1) is 9.97. The lowest BCUT2D eigenvalue weighted by molar-refractivity contribution is 0.229. The molecule has 1 aromatic rings. The van der Waals surface area contributed by atoms with Crippen LogP contribution in [-0.4, -0.2) is 63.9 Å². The quantitative estimate of drug-likeness (QED) is 0.830. The summed E-state index contributed by atoms with van der Waals surface area (Å²) >= 11 is 0. The molecule has 0 unspecified atom stereocenters. The van der Waals surface area contributed by atoms with Crippen LogP contribution in [0.3, 0.4) is 0 Å². The first-order valence-electron chi connectivity index (χ1n) is 7.09. The minimum atomic E-state index is -3.36. The highest BCUT2D eigenvalue weighted by atomic mass is 32.2. The van der Waals surface area contributed by atoms with Gasteiger partial charge in [-0.25, -0.2) is 17.1 Å². The number of hydrogen-bond acceptors (Lipinski definition) is 4. The van der Waals surface area contributed by atoms with Gasteiger partial charge in [0.15, 0.2) is 0 Å². The van der Waals surface area contributed by atoms with Crippen LogP contribution >= 0.6 is 0 Å². The third-order valence-electron chi connectivity index (χ3n) is 3.68. The summed E-state index contributed by atoms with van der Waals surface area (Å²) in [5.74, 6) is -0.450. The van der Waals surface area contributed by atoms with Crippen LogP contribution in [0.2, 0.25) is 0 Å².